The van der Waals surface area contributed by atoms with Crippen LogP contribution in [0, 0.1) is 5.92 Å². The highest BCUT2D eigenvalue weighted by atomic mass is 16.2. The summed E-state index contributed by atoms with van der Waals surface area (Å²) in [6, 6.07) is 11.4. The van der Waals surface area contributed by atoms with Crippen molar-refractivity contribution < 1.29 is 9.59 Å². The van der Waals surface area contributed by atoms with E-state index in [4.69, 9.17) is 0 Å². The summed E-state index contributed by atoms with van der Waals surface area (Å²) in [5.41, 5.74) is 1.65. The molecule has 1 unspecified atom stereocenters. The molecule has 2 aliphatic heterocycles. The van der Waals surface area contributed by atoms with Gasteiger partial charge in [0.25, 0.3) is 5.56 Å². The molecule has 2 amide bonds. The lowest BCUT2D eigenvalue weighted by Gasteiger charge is -2.33. The predicted molar refractivity (Wildman–Crippen MR) is 122 cm³/mol. The second-order valence-electron chi connectivity index (χ2n) is 8.61. The van der Waals surface area contributed by atoms with Crippen molar-refractivity contribution in [3.63, 3.8) is 0 Å². The molecule has 3 heterocycles. The van der Waals surface area contributed by atoms with Gasteiger partial charge in [0.1, 0.15) is 0 Å². The minimum atomic E-state index is -0.144. The zero-order valence-electron chi connectivity index (χ0n) is 18.4. The Bertz CT molecular complexity index is 991. The number of hydrogen-bond acceptors (Lipinski definition) is 5. The normalized spacial score (nSPS) is 18.8. The fourth-order valence-electron chi connectivity index (χ4n) is 4.46. The van der Waals surface area contributed by atoms with E-state index < -0.39 is 0 Å². The van der Waals surface area contributed by atoms with Gasteiger partial charge in [0.2, 0.25) is 11.8 Å². The molecule has 0 saturated carbocycles. The summed E-state index contributed by atoms with van der Waals surface area (Å²) in [5.74, 6) is 0.162. The van der Waals surface area contributed by atoms with Gasteiger partial charge in [-0.05, 0) is 31.2 Å². The molecule has 2 aliphatic rings. The summed E-state index contributed by atoms with van der Waals surface area (Å²) in [6.45, 7) is 3.96. The maximum absolute atomic E-state index is 12.7. The van der Waals surface area contributed by atoms with Crippen molar-refractivity contribution in [1.29, 1.82) is 0 Å². The van der Waals surface area contributed by atoms with Crippen molar-refractivity contribution in [2.24, 2.45) is 5.92 Å². The highest BCUT2D eigenvalue weighted by Gasteiger charge is 2.26. The third-order valence-electron chi connectivity index (χ3n) is 6.26. The fourth-order valence-corrected chi connectivity index (χ4v) is 4.46. The fraction of sp³-hybridized carbons (Fsp3) is 0.500. The molecule has 2 saturated heterocycles. The highest BCUT2D eigenvalue weighted by Crippen LogP contribution is 2.22. The third-order valence-corrected chi connectivity index (χ3v) is 6.26. The Kier molecular flexibility index (Phi) is 7.19. The second kappa shape index (κ2) is 10.4. The number of piperidine rings is 1. The summed E-state index contributed by atoms with van der Waals surface area (Å²) in [5, 5.41) is 7.38. The van der Waals surface area contributed by atoms with Gasteiger partial charge in [0, 0.05) is 45.2 Å². The lowest BCUT2D eigenvalue weighted by atomic mass is 9.97. The van der Waals surface area contributed by atoms with Gasteiger partial charge in [-0.3, -0.25) is 14.4 Å². The van der Waals surface area contributed by atoms with E-state index in [9.17, 15) is 14.4 Å². The number of hydrogen-bond donors (Lipinski definition) is 1. The maximum atomic E-state index is 12.7. The zero-order valence-corrected chi connectivity index (χ0v) is 18.4. The van der Waals surface area contributed by atoms with Crippen LogP contribution in [-0.4, -0.2) is 59.2 Å². The number of likely N-dealkylation sites (tertiary alicyclic amines) is 1. The molecule has 8 heteroatoms. The van der Waals surface area contributed by atoms with Gasteiger partial charge in [0.15, 0.2) is 0 Å². The highest BCUT2D eigenvalue weighted by molar-refractivity contribution is 5.79. The average molecular weight is 438 g/mol. The van der Waals surface area contributed by atoms with Crippen LogP contribution in [0.1, 0.15) is 37.7 Å². The van der Waals surface area contributed by atoms with Gasteiger partial charge in [-0.2, -0.15) is 5.10 Å². The monoisotopic (exact) mass is 437 g/mol. The van der Waals surface area contributed by atoms with E-state index in [1.165, 1.54) is 4.68 Å². The van der Waals surface area contributed by atoms with E-state index >= 15 is 0 Å². The Morgan fingerprint density at radius 3 is 2.72 bits per heavy atom. The minimum absolute atomic E-state index is 0.0489. The van der Waals surface area contributed by atoms with Crippen LogP contribution < -0.4 is 15.8 Å². The standard InChI is InChI=1S/C24H31N5O3/c30-22-10-5-12-27(22)14-6-11-25-24(32)20-9-4-13-28(18-20)21-15-23(31)29(26-16-21)17-19-7-2-1-3-8-19/h1-3,7-8,15-16,20H,4-6,9-14,17-18H2,(H,25,32). The smallest absolute Gasteiger partial charge is 0.269 e. The number of anilines is 1. The molecule has 1 N–H and O–H groups in total. The van der Waals surface area contributed by atoms with Crippen LogP contribution in [0.5, 0.6) is 0 Å². The van der Waals surface area contributed by atoms with E-state index in [2.05, 4.69) is 15.3 Å². The molecule has 0 bridgehead atoms. The topological polar surface area (TPSA) is 87.5 Å². The average Bonchev–Trinajstić information content (AvgIpc) is 3.23. The summed E-state index contributed by atoms with van der Waals surface area (Å²) in [7, 11) is 0. The lowest BCUT2D eigenvalue weighted by Crippen LogP contribution is -2.44. The second-order valence-corrected chi connectivity index (χ2v) is 8.61. The first-order chi connectivity index (χ1) is 15.6. The van der Waals surface area contributed by atoms with E-state index in [0.29, 0.717) is 32.6 Å². The van der Waals surface area contributed by atoms with Crippen molar-refractivity contribution in [3.8, 4) is 0 Å². The molecule has 2 aromatic rings. The number of rotatable bonds is 8. The van der Waals surface area contributed by atoms with E-state index in [1.807, 2.05) is 35.2 Å². The molecule has 4 rings (SSSR count). The minimum Gasteiger partial charge on any atom is -0.369 e. The SMILES string of the molecule is O=C(NCCCN1CCCC1=O)C1CCCN(c2cnn(Cc3ccccc3)c(=O)c2)C1. The molecule has 2 fully saturated rings. The number of carbonyl (C=O) groups excluding carboxylic acids is 2. The van der Waals surface area contributed by atoms with Crippen molar-refractivity contribution >= 4 is 17.5 Å². The molecule has 1 aromatic heterocycles. The lowest BCUT2D eigenvalue weighted by molar-refractivity contribution is -0.127. The molecule has 170 valence electrons. The molecule has 32 heavy (non-hydrogen) atoms. The van der Waals surface area contributed by atoms with Crippen LogP contribution >= 0.6 is 0 Å². The van der Waals surface area contributed by atoms with E-state index in [0.717, 1.165) is 50.0 Å². The van der Waals surface area contributed by atoms with Crippen molar-refractivity contribution in [2.45, 2.75) is 38.6 Å². The van der Waals surface area contributed by atoms with Crippen LogP contribution in [0.15, 0.2) is 47.4 Å². The quantitative estimate of drug-likeness (QED) is 0.635. The number of amides is 2. The largest absolute Gasteiger partial charge is 0.369 e. The maximum Gasteiger partial charge on any atom is 0.269 e. The Hall–Kier alpha value is -3.16. The Morgan fingerprint density at radius 1 is 1.12 bits per heavy atom. The Labute approximate surface area is 188 Å². The Morgan fingerprint density at radius 2 is 1.97 bits per heavy atom. The van der Waals surface area contributed by atoms with Crippen LogP contribution in [0.25, 0.3) is 0 Å². The molecule has 0 radical (unpaired) electrons. The first-order valence-electron chi connectivity index (χ1n) is 11.5. The van der Waals surface area contributed by atoms with Crippen molar-refractivity contribution in [2.75, 3.05) is 37.6 Å². The van der Waals surface area contributed by atoms with Crippen LogP contribution in [-0.2, 0) is 16.1 Å². The molecule has 0 aliphatic carbocycles. The molecule has 1 atom stereocenters. The first-order valence-corrected chi connectivity index (χ1v) is 11.5. The van der Waals surface area contributed by atoms with Crippen molar-refractivity contribution in [1.82, 2.24) is 20.0 Å². The molecule has 0 spiro atoms. The summed E-state index contributed by atoms with van der Waals surface area (Å²) < 4.78 is 1.46. The number of nitrogens with one attached hydrogen (secondary N) is 1. The van der Waals surface area contributed by atoms with Gasteiger partial charge < -0.3 is 15.1 Å². The van der Waals surface area contributed by atoms with Crippen LogP contribution in [0.2, 0.25) is 0 Å². The number of aromatic nitrogens is 2. The third kappa shape index (κ3) is 5.55. The van der Waals surface area contributed by atoms with Gasteiger partial charge in [0.05, 0.1) is 24.3 Å². The number of benzene rings is 1. The molecular formula is C24H31N5O3. The van der Waals surface area contributed by atoms with Crippen LogP contribution in [0.3, 0.4) is 0 Å². The predicted octanol–water partition coefficient (Wildman–Crippen LogP) is 1.64. The summed E-state index contributed by atoms with van der Waals surface area (Å²) >= 11 is 0. The summed E-state index contributed by atoms with van der Waals surface area (Å²) in [4.78, 5) is 40.9. The van der Waals surface area contributed by atoms with Gasteiger partial charge in [-0.25, -0.2) is 4.68 Å². The molecule has 1 aromatic carbocycles. The molecular weight excluding hydrogens is 406 g/mol. The van der Waals surface area contributed by atoms with Gasteiger partial charge in [-0.1, -0.05) is 30.3 Å². The number of nitrogens with zero attached hydrogens (tertiary/aromatic N) is 4. The first kappa shape index (κ1) is 22.0. The Balaban J connectivity index is 1.28. The van der Waals surface area contributed by atoms with Crippen molar-refractivity contribution in [3.05, 3.63) is 58.5 Å². The van der Waals surface area contributed by atoms with Gasteiger partial charge >= 0.3 is 0 Å². The zero-order chi connectivity index (χ0) is 22.3. The van der Waals surface area contributed by atoms with Crippen LogP contribution in [0.4, 0.5) is 5.69 Å². The summed E-state index contributed by atoms with van der Waals surface area (Å²) in [6.07, 6.45) is 5.82. The molecule has 8 nitrogen and oxygen atoms in total. The van der Waals surface area contributed by atoms with E-state index in [-0.39, 0.29) is 23.3 Å². The van der Waals surface area contributed by atoms with E-state index in [1.54, 1.807) is 12.3 Å². The number of carbonyl (C=O) groups is 2. The van der Waals surface area contributed by atoms with Gasteiger partial charge in [-0.15, -0.1) is 0 Å².